The number of para-hydroxylation sites is 1. The second kappa shape index (κ2) is 8.30. The van der Waals surface area contributed by atoms with Gasteiger partial charge >= 0.3 is 6.09 Å². The number of nitrogens with one attached hydrogen (secondary N) is 2. The predicted molar refractivity (Wildman–Crippen MR) is 92.3 cm³/mol. The third kappa shape index (κ3) is 5.43. The number of sulfone groups is 1. The highest BCUT2D eigenvalue weighted by atomic mass is 32.2. The molecule has 0 bridgehead atoms. The highest BCUT2D eigenvalue weighted by Gasteiger charge is 2.26. The summed E-state index contributed by atoms with van der Waals surface area (Å²) >= 11 is 0. The number of ether oxygens (including phenoxy) is 1. The molecule has 1 saturated heterocycles. The van der Waals surface area contributed by atoms with Crippen LogP contribution >= 0.6 is 0 Å². The summed E-state index contributed by atoms with van der Waals surface area (Å²) in [5, 5.41) is 2.67. The monoisotopic (exact) mass is 370 g/mol. The Kier molecular flexibility index (Phi) is 6.38. The van der Waals surface area contributed by atoms with E-state index >= 15 is 0 Å². The van der Waals surface area contributed by atoms with Gasteiger partial charge in [-0.25, -0.2) is 13.2 Å². The number of piperazine rings is 1. The molecular weight excluding hydrogens is 346 g/mol. The minimum atomic E-state index is -3.41. The molecule has 138 valence electrons. The first kappa shape index (κ1) is 19.2. The minimum absolute atomic E-state index is 0.102. The van der Waals surface area contributed by atoms with Crippen LogP contribution in [0.1, 0.15) is 6.92 Å². The molecule has 2 rings (SSSR count). The van der Waals surface area contributed by atoms with Crippen molar-refractivity contribution in [1.29, 1.82) is 0 Å². The van der Waals surface area contributed by atoms with Gasteiger partial charge in [0.2, 0.25) is 0 Å². The minimum Gasteiger partial charge on any atom is -0.450 e. The van der Waals surface area contributed by atoms with Crippen LogP contribution in [-0.4, -0.2) is 70.9 Å². The average Bonchev–Trinajstić information content (AvgIpc) is 2.55. The van der Waals surface area contributed by atoms with E-state index in [2.05, 4.69) is 5.32 Å². The van der Waals surface area contributed by atoms with Crippen molar-refractivity contribution in [3.63, 3.8) is 0 Å². The first-order valence-corrected chi connectivity index (χ1v) is 10.0. The molecule has 1 aromatic rings. The Morgan fingerprint density at radius 1 is 1.24 bits per heavy atom. The van der Waals surface area contributed by atoms with Gasteiger partial charge in [0.15, 0.2) is 16.4 Å². The maximum Gasteiger partial charge on any atom is 0.410 e. The van der Waals surface area contributed by atoms with Crippen molar-refractivity contribution in [2.45, 2.75) is 11.8 Å². The summed E-state index contributed by atoms with van der Waals surface area (Å²) in [5.74, 6) is -0.254. The van der Waals surface area contributed by atoms with Gasteiger partial charge in [0.1, 0.15) is 0 Å². The van der Waals surface area contributed by atoms with E-state index in [1.807, 2.05) is 0 Å². The zero-order valence-corrected chi connectivity index (χ0v) is 15.3. The summed E-state index contributed by atoms with van der Waals surface area (Å²) in [7, 11) is -3.41. The van der Waals surface area contributed by atoms with Crippen molar-refractivity contribution < 1.29 is 27.6 Å². The second-order valence-corrected chi connectivity index (χ2v) is 7.91. The van der Waals surface area contributed by atoms with Crippen LogP contribution in [0.3, 0.4) is 0 Å². The number of carbonyl (C=O) groups is 2. The van der Waals surface area contributed by atoms with Crippen molar-refractivity contribution in [2.24, 2.45) is 0 Å². The zero-order chi connectivity index (χ0) is 18.4. The molecule has 8 nitrogen and oxygen atoms in total. The van der Waals surface area contributed by atoms with Crippen molar-refractivity contribution in [3.05, 3.63) is 24.3 Å². The Hall–Kier alpha value is -2.13. The highest BCUT2D eigenvalue weighted by Crippen LogP contribution is 2.20. The Bertz CT molecular complexity index is 727. The molecule has 9 heteroatoms. The fourth-order valence-electron chi connectivity index (χ4n) is 2.71. The lowest BCUT2D eigenvalue weighted by Gasteiger charge is -2.31. The molecule has 0 aliphatic carbocycles. The summed E-state index contributed by atoms with van der Waals surface area (Å²) in [4.78, 5) is 26.7. The van der Waals surface area contributed by atoms with Gasteiger partial charge in [-0.2, -0.15) is 0 Å². The van der Waals surface area contributed by atoms with Crippen LogP contribution in [0.15, 0.2) is 29.2 Å². The van der Waals surface area contributed by atoms with Gasteiger partial charge in [0.05, 0.1) is 43.4 Å². The van der Waals surface area contributed by atoms with E-state index in [1.165, 1.54) is 6.07 Å². The first-order valence-electron chi connectivity index (χ1n) is 8.15. The molecule has 1 aliphatic heterocycles. The SMILES string of the molecule is CCOC(=O)N1CC[NH+](CC(=O)Nc2ccccc2S(C)(=O)=O)CC1. The smallest absolute Gasteiger partial charge is 0.410 e. The van der Waals surface area contributed by atoms with Crippen molar-refractivity contribution in [3.8, 4) is 0 Å². The molecule has 0 atom stereocenters. The van der Waals surface area contributed by atoms with E-state index < -0.39 is 9.84 Å². The summed E-state index contributed by atoms with van der Waals surface area (Å²) in [6.07, 6.45) is 0.783. The van der Waals surface area contributed by atoms with E-state index in [-0.39, 0.29) is 23.4 Å². The topological polar surface area (TPSA) is 97.2 Å². The highest BCUT2D eigenvalue weighted by molar-refractivity contribution is 7.90. The molecular formula is C16H24N3O5S+. The van der Waals surface area contributed by atoms with Crippen molar-refractivity contribution in [2.75, 3.05) is 50.9 Å². The summed E-state index contributed by atoms with van der Waals surface area (Å²) < 4.78 is 28.5. The van der Waals surface area contributed by atoms with Crippen LogP contribution in [-0.2, 0) is 19.4 Å². The van der Waals surface area contributed by atoms with E-state index in [0.29, 0.717) is 38.5 Å². The molecule has 0 aromatic heterocycles. The lowest BCUT2D eigenvalue weighted by atomic mass is 10.3. The summed E-state index contributed by atoms with van der Waals surface area (Å²) in [6.45, 7) is 4.66. The van der Waals surface area contributed by atoms with Crippen LogP contribution in [0.2, 0.25) is 0 Å². The molecule has 1 fully saturated rings. The second-order valence-electron chi connectivity index (χ2n) is 5.93. The maximum atomic E-state index is 12.2. The average molecular weight is 370 g/mol. The van der Waals surface area contributed by atoms with E-state index in [1.54, 1.807) is 30.0 Å². The first-order chi connectivity index (χ1) is 11.8. The van der Waals surface area contributed by atoms with Gasteiger partial charge in [-0.3, -0.25) is 9.69 Å². The number of carbonyl (C=O) groups excluding carboxylic acids is 2. The van der Waals surface area contributed by atoms with Crippen molar-refractivity contribution >= 4 is 27.5 Å². The van der Waals surface area contributed by atoms with E-state index in [9.17, 15) is 18.0 Å². The third-order valence-electron chi connectivity index (χ3n) is 3.97. The number of rotatable bonds is 5. The number of benzene rings is 1. The molecule has 2 amide bonds. The number of quaternary nitrogens is 1. The number of hydrogen-bond donors (Lipinski definition) is 2. The Morgan fingerprint density at radius 3 is 2.48 bits per heavy atom. The Balaban J connectivity index is 1.89. The lowest BCUT2D eigenvalue weighted by molar-refractivity contribution is -0.895. The molecule has 0 radical (unpaired) electrons. The van der Waals surface area contributed by atoms with Gasteiger partial charge in [-0.1, -0.05) is 12.1 Å². The van der Waals surface area contributed by atoms with E-state index in [4.69, 9.17) is 4.74 Å². The standard InChI is InChI=1S/C16H23N3O5S/c1-3-24-16(21)19-10-8-18(9-11-19)12-15(20)17-13-6-4-5-7-14(13)25(2,22)23/h4-7H,3,8-12H2,1-2H3,(H,17,20)/p+1. The lowest BCUT2D eigenvalue weighted by Crippen LogP contribution is -3.15. The number of anilines is 1. The fourth-order valence-corrected chi connectivity index (χ4v) is 3.56. The number of amides is 2. The molecule has 0 spiro atoms. The predicted octanol–water partition coefficient (Wildman–Crippen LogP) is -0.614. The summed E-state index contributed by atoms with van der Waals surface area (Å²) in [6, 6.07) is 6.33. The van der Waals surface area contributed by atoms with Gasteiger partial charge in [0, 0.05) is 6.26 Å². The number of nitrogens with zero attached hydrogens (tertiary/aromatic N) is 1. The van der Waals surface area contributed by atoms with Crippen LogP contribution in [0.25, 0.3) is 0 Å². The largest absolute Gasteiger partial charge is 0.450 e. The van der Waals surface area contributed by atoms with E-state index in [0.717, 1.165) is 11.2 Å². The third-order valence-corrected chi connectivity index (χ3v) is 5.12. The van der Waals surface area contributed by atoms with Crippen LogP contribution in [0.5, 0.6) is 0 Å². The normalized spacial score (nSPS) is 15.7. The van der Waals surface area contributed by atoms with Gasteiger partial charge in [-0.15, -0.1) is 0 Å². The fraction of sp³-hybridized carbons (Fsp3) is 0.500. The van der Waals surface area contributed by atoms with Crippen LogP contribution in [0, 0.1) is 0 Å². The quantitative estimate of drug-likeness (QED) is 0.720. The zero-order valence-electron chi connectivity index (χ0n) is 14.4. The molecule has 2 N–H and O–H groups in total. The maximum absolute atomic E-state index is 12.2. The van der Waals surface area contributed by atoms with Crippen molar-refractivity contribution in [1.82, 2.24) is 4.90 Å². The van der Waals surface area contributed by atoms with Gasteiger partial charge in [0.25, 0.3) is 5.91 Å². The van der Waals surface area contributed by atoms with Crippen LogP contribution < -0.4 is 10.2 Å². The summed E-state index contributed by atoms with van der Waals surface area (Å²) in [5.41, 5.74) is 0.291. The molecule has 1 aliphatic rings. The molecule has 0 saturated carbocycles. The molecule has 0 unspecified atom stereocenters. The molecule has 1 heterocycles. The molecule has 1 aromatic carbocycles. The Morgan fingerprint density at radius 2 is 1.88 bits per heavy atom. The van der Waals surface area contributed by atoms with Gasteiger partial charge < -0.3 is 15.0 Å². The number of hydrogen-bond acceptors (Lipinski definition) is 5. The molecule has 25 heavy (non-hydrogen) atoms. The van der Waals surface area contributed by atoms with Gasteiger partial charge in [-0.05, 0) is 19.1 Å². The van der Waals surface area contributed by atoms with Crippen LogP contribution in [0.4, 0.5) is 10.5 Å². The Labute approximate surface area is 147 Å².